The molecule has 0 amide bonds. The van der Waals surface area contributed by atoms with Crippen LogP contribution in [-0.4, -0.2) is 67.0 Å². The smallest absolute Gasteiger partial charge is 0.229 e. The number of hydrogen-bond acceptors (Lipinski definition) is 7. The molecular formula is C33H40F2N8. The van der Waals surface area contributed by atoms with E-state index in [1.807, 2.05) is 12.3 Å². The minimum atomic E-state index is -0.618. The van der Waals surface area contributed by atoms with Crippen molar-refractivity contribution in [1.82, 2.24) is 34.3 Å². The van der Waals surface area contributed by atoms with Crippen LogP contribution in [0.4, 0.5) is 20.5 Å². The first-order valence-electron chi connectivity index (χ1n) is 15.6. The summed E-state index contributed by atoms with van der Waals surface area (Å²) in [5.41, 5.74) is 2.85. The molecule has 4 aromatic rings. The Morgan fingerprint density at radius 1 is 0.860 bits per heavy atom. The van der Waals surface area contributed by atoms with Crippen LogP contribution >= 0.6 is 0 Å². The highest BCUT2D eigenvalue weighted by Crippen LogP contribution is 2.41. The molecule has 0 radical (unpaired) electrons. The number of rotatable bonds is 6. The van der Waals surface area contributed by atoms with Crippen LogP contribution in [0.15, 0.2) is 36.7 Å². The van der Waals surface area contributed by atoms with Crippen LogP contribution in [0, 0.1) is 17.0 Å². The van der Waals surface area contributed by atoms with Gasteiger partial charge in [0.25, 0.3) is 0 Å². The lowest BCUT2D eigenvalue weighted by Gasteiger charge is -2.46. The van der Waals surface area contributed by atoms with Crippen LogP contribution in [0.3, 0.4) is 0 Å². The molecule has 1 aromatic carbocycles. The Hall–Kier alpha value is -3.50. The summed E-state index contributed by atoms with van der Waals surface area (Å²) >= 11 is 0. The van der Waals surface area contributed by atoms with Gasteiger partial charge in [0.2, 0.25) is 5.95 Å². The van der Waals surface area contributed by atoms with Crippen molar-refractivity contribution >= 4 is 22.8 Å². The molecule has 1 N–H and O–H groups in total. The summed E-state index contributed by atoms with van der Waals surface area (Å²) in [6.45, 7) is 13.3. The Morgan fingerprint density at radius 2 is 1.60 bits per heavy atom. The van der Waals surface area contributed by atoms with Crippen LogP contribution < -0.4 is 5.32 Å². The minimum absolute atomic E-state index is 0.0320. The second-order valence-electron chi connectivity index (χ2n) is 13.3. The largest absolute Gasteiger partial charge is 0.322 e. The molecule has 2 fully saturated rings. The van der Waals surface area contributed by atoms with Crippen molar-refractivity contribution in [3.8, 4) is 11.3 Å². The number of anilines is 2. The molecule has 8 nitrogen and oxygen atoms in total. The van der Waals surface area contributed by atoms with Crippen LogP contribution in [-0.2, 0) is 18.5 Å². The normalized spacial score (nSPS) is 20.1. The van der Waals surface area contributed by atoms with Gasteiger partial charge >= 0.3 is 0 Å². The lowest BCUT2D eigenvalue weighted by atomic mass is 9.71. The second-order valence-corrected chi connectivity index (χ2v) is 13.3. The van der Waals surface area contributed by atoms with Gasteiger partial charge in [0, 0.05) is 30.3 Å². The van der Waals surface area contributed by atoms with E-state index in [4.69, 9.17) is 0 Å². The molecule has 0 aliphatic carbocycles. The van der Waals surface area contributed by atoms with Crippen LogP contribution in [0.5, 0.6) is 0 Å². The topological polar surface area (TPSA) is 75.0 Å². The summed E-state index contributed by atoms with van der Waals surface area (Å²) in [5.74, 6) is 0.519. The van der Waals surface area contributed by atoms with Gasteiger partial charge < -0.3 is 14.8 Å². The predicted molar refractivity (Wildman–Crippen MR) is 164 cm³/mol. The number of nitrogens with zero attached hydrogens (tertiary/aromatic N) is 7. The van der Waals surface area contributed by atoms with Crippen molar-refractivity contribution in [3.05, 3.63) is 59.7 Å². The van der Waals surface area contributed by atoms with Crippen molar-refractivity contribution in [2.24, 2.45) is 5.41 Å². The minimum Gasteiger partial charge on any atom is -0.322 e. The highest BCUT2D eigenvalue weighted by atomic mass is 19.1. The van der Waals surface area contributed by atoms with E-state index < -0.39 is 11.6 Å². The first-order chi connectivity index (χ1) is 20.7. The fourth-order valence-electron chi connectivity index (χ4n) is 7.32. The first kappa shape index (κ1) is 28.3. The molecule has 10 heteroatoms. The molecule has 1 spiro atoms. The number of imidazole rings is 1. The van der Waals surface area contributed by atoms with E-state index in [1.54, 1.807) is 6.07 Å². The summed E-state index contributed by atoms with van der Waals surface area (Å²) in [5, 5.41) is 3.09. The molecule has 0 bridgehead atoms. The molecular weight excluding hydrogens is 546 g/mol. The Morgan fingerprint density at radius 3 is 2.30 bits per heavy atom. The molecule has 43 heavy (non-hydrogen) atoms. The van der Waals surface area contributed by atoms with Gasteiger partial charge in [-0.1, -0.05) is 13.0 Å². The van der Waals surface area contributed by atoms with Crippen molar-refractivity contribution < 1.29 is 8.78 Å². The first-order valence-corrected chi connectivity index (χ1v) is 15.6. The zero-order chi connectivity index (χ0) is 29.8. The molecule has 3 aliphatic rings. The van der Waals surface area contributed by atoms with Gasteiger partial charge in [-0.3, -0.25) is 4.90 Å². The SMILES string of the molecule is CCN1CCC2(CC1)CCN(Cc1ccc(Nc3ncc(F)c(-c4cc(F)c5nc6n(c5c4)C(C)(C)CC6)n3)nc1)CC2. The number of benzene rings is 1. The standard InChI is InChI=1S/C33H40F2N8/c1-4-41-13-9-33(10-14-41)11-15-42(16-12-33)21-22-5-6-27(36-19-22)38-31-37-20-25(35)29(40-31)23-17-24(34)30-26(18-23)43-28(39-30)7-8-32(43,2)3/h5-6,17-20H,4,7-16,21H2,1-3H3,(H,36,37,38,40). The summed E-state index contributed by atoms with van der Waals surface area (Å²) in [6, 6.07) is 7.05. The number of fused-ring (bicyclic) bond motifs is 3. The van der Waals surface area contributed by atoms with Gasteiger partial charge in [0.1, 0.15) is 22.9 Å². The average molecular weight is 587 g/mol. The molecule has 6 heterocycles. The molecule has 2 saturated heterocycles. The summed E-state index contributed by atoms with van der Waals surface area (Å²) in [6.07, 6.45) is 9.92. The third kappa shape index (κ3) is 5.40. The molecule has 3 aliphatic heterocycles. The molecule has 3 aromatic heterocycles. The molecule has 0 unspecified atom stereocenters. The maximum atomic E-state index is 15.2. The van der Waals surface area contributed by atoms with Crippen molar-refractivity contribution in [3.63, 3.8) is 0 Å². The van der Waals surface area contributed by atoms with Gasteiger partial charge in [-0.25, -0.2) is 28.7 Å². The molecule has 226 valence electrons. The molecule has 0 saturated carbocycles. The Labute approximate surface area is 251 Å². The average Bonchev–Trinajstić information content (AvgIpc) is 3.54. The monoisotopic (exact) mass is 586 g/mol. The summed E-state index contributed by atoms with van der Waals surface area (Å²) < 4.78 is 32.2. The van der Waals surface area contributed by atoms with E-state index in [1.165, 1.54) is 44.8 Å². The Bertz CT molecular complexity index is 1630. The number of nitrogens with one attached hydrogen (secondary N) is 1. The summed E-state index contributed by atoms with van der Waals surface area (Å²) in [4.78, 5) is 22.8. The van der Waals surface area contributed by atoms with Crippen LogP contribution in [0.25, 0.3) is 22.3 Å². The van der Waals surface area contributed by atoms with Crippen LogP contribution in [0.2, 0.25) is 0 Å². The fraction of sp³-hybridized carbons (Fsp3) is 0.515. The number of halogens is 2. The zero-order valence-corrected chi connectivity index (χ0v) is 25.3. The maximum Gasteiger partial charge on any atom is 0.229 e. The van der Waals surface area contributed by atoms with E-state index in [9.17, 15) is 4.39 Å². The van der Waals surface area contributed by atoms with Crippen molar-refractivity contribution in [2.75, 3.05) is 38.0 Å². The lowest BCUT2D eigenvalue weighted by Crippen LogP contribution is -2.46. The molecule has 7 rings (SSSR count). The number of piperidine rings is 2. The van der Waals surface area contributed by atoms with Gasteiger partial charge in [0.05, 0.1) is 11.7 Å². The third-order valence-corrected chi connectivity index (χ3v) is 10.1. The third-order valence-electron chi connectivity index (χ3n) is 10.1. The maximum absolute atomic E-state index is 15.2. The molecule has 0 atom stereocenters. The number of aryl methyl sites for hydroxylation is 1. The van der Waals surface area contributed by atoms with Gasteiger partial charge in [-0.05, 0) is 108 Å². The highest BCUT2D eigenvalue weighted by Gasteiger charge is 2.37. The quantitative estimate of drug-likeness (QED) is 0.285. The number of pyridine rings is 1. The van der Waals surface area contributed by atoms with E-state index in [-0.39, 0.29) is 17.2 Å². The zero-order valence-electron chi connectivity index (χ0n) is 25.3. The van der Waals surface area contributed by atoms with E-state index in [0.717, 1.165) is 56.6 Å². The van der Waals surface area contributed by atoms with Crippen molar-refractivity contribution in [2.45, 2.75) is 71.4 Å². The number of hydrogen-bond donors (Lipinski definition) is 1. The lowest BCUT2D eigenvalue weighted by molar-refractivity contribution is 0.0340. The van der Waals surface area contributed by atoms with E-state index in [0.29, 0.717) is 27.8 Å². The predicted octanol–water partition coefficient (Wildman–Crippen LogP) is 6.29. The summed E-state index contributed by atoms with van der Waals surface area (Å²) in [7, 11) is 0. The Balaban J connectivity index is 1.03. The van der Waals surface area contributed by atoms with Gasteiger partial charge in [-0.2, -0.15) is 0 Å². The second kappa shape index (κ2) is 10.9. The highest BCUT2D eigenvalue weighted by molar-refractivity contribution is 5.83. The number of aromatic nitrogens is 5. The Kier molecular flexibility index (Phi) is 7.16. The van der Waals surface area contributed by atoms with E-state index in [2.05, 4.69) is 66.5 Å². The van der Waals surface area contributed by atoms with Gasteiger partial charge in [0.15, 0.2) is 11.6 Å². The van der Waals surface area contributed by atoms with Crippen molar-refractivity contribution in [1.29, 1.82) is 0 Å². The fourth-order valence-corrected chi connectivity index (χ4v) is 7.32. The van der Waals surface area contributed by atoms with Gasteiger partial charge in [-0.15, -0.1) is 0 Å². The van der Waals surface area contributed by atoms with Crippen LogP contribution in [0.1, 0.15) is 64.3 Å². The number of likely N-dealkylation sites (tertiary alicyclic amines) is 2. The van der Waals surface area contributed by atoms with E-state index >= 15 is 4.39 Å².